The van der Waals surface area contributed by atoms with Crippen molar-refractivity contribution in [2.75, 3.05) is 47.8 Å². The summed E-state index contributed by atoms with van der Waals surface area (Å²) in [5.74, 6) is 2.64. The van der Waals surface area contributed by atoms with Crippen molar-refractivity contribution in [2.45, 2.75) is 45.4 Å². The van der Waals surface area contributed by atoms with Crippen molar-refractivity contribution < 1.29 is 0 Å². The SMILES string of the molecule is CCNC(=S)Nc1nc(N2CCCCCC2)cc(N2CCCC2)n1. The van der Waals surface area contributed by atoms with E-state index >= 15 is 0 Å². The summed E-state index contributed by atoms with van der Waals surface area (Å²) in [7, 11) is 0. The minimum Gasteiger partial charge on any atom is -0.363 e. The van der Waals surface area contributed by atoms with Crippen LogP contribution in [-0.4, -0.2) is 47.8 Å². The molecule has 0 spiro atoms. The van der Waals surface area contributed by atoms with Crippen molar-refractivity contribution >= 4 is 34.9 Å². The third kappa shape index (κ3) is 4.47. The highest BCUT2D eigenvalue weighted by Gasteiger charge is 2.19. The monoisotopic (exact) mass is 348 g/mol. The predicted molar refractivity (Wildman–Crippen MR) is 104 cm³/mol. The summed E-state index contributed by atoms with van der Waals surface area (Å²) in [6.45, 7) is 7.12. The van der Waals surface area contributed by atoms with E-state index in [4.69, 9.17) is 22.2 Å². The summed E-state index contributed by atoms with van der Waals surface area (Å²) < 4.78 is 0. The Bertz CT molecular complexity index is 550. The first-order valence-electron chi connectivity index (χ1n) is 9.20. The van der Waals surface area contributed by atoms with Crippen LogP contribution in [0.5, 0.6) is 0 Å². The summed E-state index contributed by atoms with van der Waals surface area (Å²) in [6, 6.07) is 2.15. The van der Waals surface area contributed by atoms with Gasteiger partial charge in [0.15, 0.2) is 5.11 Å². The molecule has 2 aliphatic heterocycles. The number of hydrogen-bond donors (Lipinski definition) is 2. The van der Waals surface area contributed by atoms with Crippen LogP contribution in [0.25, 0.3) is 0 Å². The molecule has 2 fully saturated rings. The molecule has 2 saturated heterocycles. The van der Waals surface area contributed by atoms with Gasteiger partial charge in [-0.15, -0.1) is 0 Å². The number of nitrogens with zero attached hydrogens (tertiary/aromatic N) is 4. The summed E-state index contributed by atoms with van der Waals surface area (Å²) in [5.41, 5.74) is 0. The van der Waals surface area contributed by atoms with E-state index in [0.717, 1.165) is 44.4 Å². The molecule has 0 unspecified atom stereocenters. The van der Waals surface area contributed by atoms with E-state index in [9.17, 15) is 0 Å². The second kappa shape index (κ2) is 8.46. The van der Waals surface area contributed by atoms with Crippen molar-refractivity contribution in [1.29, 1.82) is 0 Å². The van der Waals surface area contributed by atoms with E-state index in [1.54, 1.807) is 0 Å². The first kappa shape index (κ1) is 17.2. The van der Waals surface area contributed by atoms with Gasteiger partial charge >= 0.3 is 0 Å². The standard InChI is InChI=1S/C17H28N6S/c1-2-18-17(24)21-16-19-14(22-9-5-3-4-6-10-22)13-15(20-16)23-11-7-8-12-23/h13H,2-12H2,1H3,(H2,18,19,20,21,24). The Labute approximate surface area is 150 Å². The topological polar surface area (TPSA) is 56.3 Å². The molecular weight excluding hydrogens is 320 g/mol. The van der Waals surface area contributed by atoms with E-state index in [1.165, 1.54) is 38.5 Å². The van der Waals surface area contributed by atoms with Gasteiger partial charge in [0.1, 0.15) is 11.6 Å². The minimum atomic E-state index is 0.581. The molecule has 0 atom stereocenters. The fourth-order valence-electron chi connectivity index (χ4n) is 3.35. The maximum absolute atomic E-state index is 5.31. The molecule has 0 amide bonds. The molecule has 2 N–H and O–H groups in total. The zero-order valence-electron chi connectivity index (χ0n) is 14.6. The van der Waals surface area contributed by atoms with Crippen LogP contribution in [0.4, 0.5) is 17.6 Å². The van der Waals surface area contributed by atoms with E-state index < -0.39 is 0 Å². The van der Waals surface area contributed by atoms with Crippen LogP contribution in [0.2, 0.25) is 0 Å². The van der Waals surface area contributed by atoms with Gasteiger partial charge < -0.3 is 20.4 Å². The molecule has 0 aromatic carbocycles. The third-order valence-corrected chi connectivity index (χ3v) is 4.87. The number of nitrogens with one attached hydrogen (secondary N) is 2. The minimum absolute atomic E-state index is 0.581. The van der Waals surface area contributed by atoms with Gasteiger partial charge in [-0.1, -0.05) is 12.8 Å². The maximum Gasteiger partial charge on any atom is 0.232 e. The molecule has 7 heteroatoms. The molecule has 1 aromatic heterocycles. The number of aromatic nitrogens is 2. The highest BCUT2D eigenvalue weighted by molar-refractivity contribution is 7.80. The average molecular weight is 349 g/mol. The van der Waals surface area contributed by atoms with E-state index in [0.29, 0.717) is 11.1 Å². The average Bonchev–Trinajstić information content (AvgIpc) is 2.97. The fraction of sp³-hybridized carbons (Fsp3) is 0.706. The summed E-state index contributed by atoms with van der Waals surface area (Å²) in [4.78, 5) is 14.2. The highest BCUT2D eigenvalue weighted by atomic mass is 32.1. The smallest absolute Gasteiger partial charge is 0.232 e. The van der Waals surface area contributed by atoms with Gasteiger partial charge in [-0.3, -0.25) is 0 Å². The normalized spacial score (nSPS) is 18.4. The van der Waals surface area contributed by atoms with E-state index in [1.807, 2.05) is 6.92 Å². The Balaban J connectivity index is 1.84. The van der Waals surface area contributed by atoms with Crippen LogP contribution in [0.15, 0.2) is 6.07 Å². The van der Waals surface area contributed by atoms with Crippen LogP contribution in [0.1, 0.15) is 45.4 Å². The predicted octanol–water partition coefficient (Wildman–Crippen LogP) is 2.76. The van der Waals surface area contributed by atoms with Crippen molar-refractivity contribution in [3.05, 3.63) is 6.07 Å². The lowest BCUT2D eigenvalue weighted by Gasteiger charge is -2.25. The molecule has 6 nitrogen and oxygen atoms in total. The molecule has 2 aliphatic rings. The lowest BCUT2D eigenvalue weighted by molar-refractivity contribution is 0.726. The molecule has 0 saturated carbocycles. The molecule has 24 heavy (non-hydrogen) atoms. The van der Waals surface area contributed by atoms with Crippen molar-refractivity contribution in [3.63, 3.8) is 0 Å². The number of anilines is 3. The zero-order valence-corrected chi connectivity index (χ0v) is 15.4. The molecule has 0 bridgehead atoms. The van der Waals surface area contributed by atoms with Gasteiger partial charge in [0.25, 0.3) is 0 Å². The number of thiocarbonyl (C=S) groups is 1. The second-order valence-corrected chi connectivity index (χ2v) is 6.90. The second-order valence-electron chi connectivity index (χ2n) is 6.49. The highest BCUT2D eigenvalue weighted by Crippen LogP contribution is 2.25. The largest absolute Gasteiger partial charge is 0.363 e. The van der Waals surface area contributed by atoms with Crippen molar-refractivity contribution in [3.8, 4) is 0 Å². The molecule has 3 rings (SSSR count). The Morgan fingerprint density at radius 3 is 1.96 bits per heavy atom. The molecule has 3 heterocycles. The number of hydrogen-bond acceptors (Lipinski definition) is 5. The van der Waals surface area contributed by atoms with Crippen LogP contribution in [0.3, 0.4) is 0 Å². The van der Waals surface area contributed by atoms with E-state index in [-0.39, 0.29) is 0 Å². The van der Waals surface area contributed by atoms with Gasteiger partial charge in [-0.05, 0) is 44.8 Å². The van der Waals surface area contributed by atoms with Crippen LogP contribution in [-0.2, 0) is 0 Å². The molecule has 132 valence electrons. The van der Waals surface area contributed by atoms with E-state index in [2.05, 4.69) is 26.5 Å². The number of rotatable bonds is 4. The van der Waals surface area contributed by atoms with Gasteiger partial charge in [0.05, 0.1) is 0 Å². The first-order chi connectivity index (χ1) is 11.8. The Hall–Kier alpha value is -1.63. The van der Waals surface area contributed by atoms with Crippen molar-refractivity contribution in [2.24, 2.45) is 0 Å². The lowest BCUT2D eigenvalue weighted by Crippen LogP contribution is -2.31. The van der Waals surface area contributed by atoms with Gasteiger partial charge in [0.2, 0.25) is 5.95 Å². The van der Waals surface area contributed by atoms with Crippen LogP contribution >= 0.6 is 12.2 Å². The summed E-state index contributed by atoms with van der Waals surface area (Å²) in [6.07, 6.45) is 7.58. The Kier molecular flexibility index (Phi) is 6.07. The quantitative estimate of drug-likeness (QED) is 0.812. The summed E-state index contributed by atoms with van der Waals surface area (Å²) in [5, 5.41) is 6.83. The Morgan fingerprint density at radius 1 is 0.958 bits per heavy atom. The fourth-order valence-corrected chi connectivity index (χ4v) is 3.59. The van der Waals surface area contributed by atoms with Crippen LogP contribution < -0.4 is 20.4 Å². The molecule has 1 aromatic rings. The lowest BCUT2D eigenvalue weighted by atomic mass is 10.2. The third-order valence-electron chi connectivity index (χ3n) is 4.62. The maximum atomic E-state index is 5.31. The Morgan fingerprint density at radius 2 is 1.46 bits per heavy atom. The van der Waals surface area contributed by atoms with Gasteiger partial charge in [-0.25, -0.2) is 0 Å². The van der Waals surface area contributed by atoms with Gasteiger partial charge in [-0.2, -0.15) is 9.97 Å². The molecule has 0 radical (unpaired) electrons. The van der Waals surface area contributed by atoms with Gasteiger partial charge in [0, 0.05) is 38.8 Å². The first-order valence-corrected chi connectivity index (χ1v) is 9.61. The molecule has 0 aliphatic carbocycles. The molecular formula is C17H28N6S. The zero-order chi connectivity index (χ0) is 16.8. The van der Waals surface area contributed by atoms with Crippen molar-refractivity contribution in [1.82, 2.24) is 15.3 Å². The summed E-state index contributed by atoms with van der Waals surface area (Å²) >= 11 is 5.31. The van der Waals surface area contributed by atoms with Crippen LogP contribution in [0, 0.1) is 0 Å².